The third kappa shape index (κ3) is 5.69. The van der Waals surface area contributed by atoms with Crippen LogP contribution in [0.1, 0.15) is 28.3 Å². The van der Waals surface area contributed by atoms with Crippen molar-refractivity contribution >= 4 is 29.1 Å². The highest BCUT2D eigenvalue weighted by Crippen LogP contribution is 2.42. The van der Waals surface area contributed by atoms with E-state index in [0.717, 1.165) is 11.1 Å². The number of ketones is 1. The predicted octanol–water partition coefficient (Wildman–Crippen LogP) is 5.22. The van der Waals surface area contributed by atoms with Crippen molar-refractivity contribution in [3.05, 3.63) is 99.6 Å². The van der Waals surface area contributed by atoms with Crippen molar-refractivity contribution in [3.63, 3.8) is 0 Å². The van der Waals surface area contributed by atoms with Crippen molar-refractivity contribution in [1.29, 1.82) is 0 Å². The number of hydrogen-bond acceptors (Lipinski definition) is 6. The molecule has 38 heavy (non-hydrogen) atoms. The van der Waals surface area contributed by atoms with Crippen LogP contribution in [0, 0.1) is 6.92 Å². The number of carbonyl (C=O) groups is 2. The highest BCUT2D eigenvalue weighted by molar-refractivity contribution is 6.46. The van der Waals surface area contributed by atoms with Gasteiger partial charge >= 0.3 is 0 Å². The molecule has 4 rings (SSSR count). The van der Waals surface area contributed by atoms with Gasteiger partial charge in [0.05, 0.1) is 29.3 Å². The number of aliphatic hydroxyl groups excluding tert-OH is 1. The lowest BCUT2D eigenvalue weighted by Crippen LogP contribution is -2.35. The molecule has 0 radical (unpaired) electrons. The maximum Gasteiger partial charge on any atom is 0.295 e. The molecule has 0 bridgehead atoms. The van der Waals surface area contributed by atoms with Crippen LogP contribution in [0.15, 0.2) is 72.3 Å². The summed E-state index contributed by atoms with van der Waals surface area (Å²) >= 11 is 6.37. The van der Waals surface area contributed by atoms with Crippen LogP contribution in [0.2, 0.25) is 5.02 Å². The van der Waals surface area contributed by atoms with Crippen LogP contribution in [0.3, 0.4) is 0 Å². The summed E-state index contributed by atoms with van der Waals surface area (Å²) in [5, 5.41) is 11.8. The molecule has 7 nitrogen and oxygen atoms in total. The zero-order valence-electron chi connectivity index (χ0n) is 21.9. The van der Waals surface area contributed by atoms with Crippen molar-refractivity contribution in [2.45, 2.75) is 19.6 Å². The largest absolute Gasteiger partial charge is 0.507 e. The number of ether oxygens (including phenoxy) is 2. The molecule has 1 atom stereocenters. The normalized spacial score (nSPS) is 16.8. The van der Waals surface area contributed by atoms with Crippen LogP contribution in [0.5, 0.6) is 11.5 Å². The first-order valence-electron chi connectivity index (χ1n) is 12.3. The van der Waals surface area contributed by atoms with Crippen LogP contribution in [0.25, 0.3) is 5.76 Å². The van der Waals surface area contributed by atoms with Gasteiger partial charge in [-0.1, -0.05) is 54.1 Å². The number of methoxy groups -OCH3 is 1. The Hall–Kier alpha value is -3.81. The van der Waals surface area contributed by atoms with Gasteiger partial charge in [-0.3, -0.25) is 9.59 Å². The zero-order chi connectivity index (χ0) is 27.4. The molecule has 0 aromatic heterocycles. The summed E-state index contributed by atoms with van der Waals surface area (Å²) in [6.07, 6.45) is 0. The highest BCUT2D eigenvalue weighted by Gasteiger charge is 2.46. The molecule has 1 fully saturated rings. The lowest BCUT2D eigenvalue weighted by Gasteiger charge is -2.27. The fourth-order valence-corrected chi connectivity index (χ4v) is 4.86. The summed E-state index contributed by atoms with van der Waals surface area (Å²) in [7, 11) is 5.23. The van der Waals surface area contributed by atoms with Gasteiger partial charge in [0.2, 0.25) is 0 Å². The molecule has 198 valence electrons. The minimum Gasteiger partial charge on any atom is -0.507 e. The molecular formula is C30H31ClN2O5. The maximum atomic E-state index is 13.3. The van der Waals surface area contributed by atoms with E-state index in [2.05, 4.69) is 0 Å². The summed E-state index contributed by atoms with van der Waals surface area (Å²) in [5.74, 6) is -0.865. The quantitative estimate of drug-likeness (QED) is 0.230. The number of nitrogens with zero attached hydrogens (tertiary/aromatic N) is 2. The minimum absolute atomic E-state index is 0.00771. The number of Topliss-reactive ketones (excluding diaryl/α,β-unsaturated/α-hetero) is 1. The van der Waals surface area contributed by atoms with Crippen molar-refractivity contribution in [2.75, 3.05) is 34.3 Å². The Labute approximate surface area is 227 Å². The van der Waals surface area contributed by atoms with Gasteiger partial charge in [-0.15, -0.1) is 0 Å². The Morgan fingerprint density at radius 3 is 2.37 bits per heavy atom. The van der Waals surface area contributed by atoms with E-state index in [4.69, 9.17) is 21.1 Å². The molecule has 1 unspecified atom stereocenters. The summed E-state index contributed by atoms with van der Waals surface area (Å²) in [6.45, 7) is 3.08. The lowest BCUT2D eigenvalue weighted by atomic mass is 9.94. The van der Waals surface area contributed by atoms with Crippen LogP contribution >= 0.6 is 11.6 Å². The van der Waals surface area contributed by atoms with Gasteiger partial charge in [0.25, 0.3) is 11.7 Å². The number of likely N-dealkylation sites (tertiary alicyclic amines) is 1. The highest BCUT2D eigenvalue weighted by atomic mass is 35.5. The molecule has 0 aliphatic carbocycles. The van der Waals surface area contributed by atoms with Crippen molar-refractivity contribution < 1.29 is 24.2 Å². The first kappa shape index (κ1) is 27.2. The summed E-state index contributed by atoms with van der Waals surface area (Å²) < 4.78 is 11.4. The van der Waals surface area contributed by atoms with Gasteiger partial charge in [0.15, 0.2) is 0 Å². The fourth-order valence-electron chi connectivity index (χ4n) is 4.51. The van der Waals surface area contributed by atoms with Gasteiger partial charge in [-0.05, 0) is 62.0 Å². The second kappa shape index (κ2) is 11.7. The van der Waals surface area contributed by atoms with E-state index in [9.17, 15) is 14.7 Å². The molecule has 1 N–H and O–H groups in total. The molecule has 1 heterocycles. The molecule has 8 heteroatoms. The third-order valence-electron chi connectivity index (χ3n) is 6.42. The number of amides is 1. The number of likely N-dealkylation sites (N-methyl/N-ethyl adjacent to an activating group) is 1. The van der Waals surface area contributed by atoms with Crippen LogP contribution in [0.4, 0.5) is 0 Å². The monoisotopic (exact) mass is 534 g/mol. The van der Waals surface area contributed by atoms with Crippen molar-refractivity contribution in [1.82, 2.24) is 9.80 Å². The van der Waals surface area contributed by atoms with Gasteiger partial charge < -0.3 is 24.4 Å². The molecule has 3 aromatic rings. The summed E-state index contributed by atoms with van der Waals surface area (Å²) in [6, 6.07) is 19.7. The van der Waals surface area contributed by atoms with Gasteiger partial charge in [0, 0.05) is 13.1 Å². The van der Waals surface area contributed by atoms with Gasteiger partial charge in [0.1, 0.15) is 23.9 Å². The Morgan fingerprint density at radius 2 is 1.74 bits per heavy atom. The van der Waals surface area contributed by atoms with E-state index in [-0.39, 0.29) is 22.6 Å². The summed E-state index contributed by atoms with van der Waals surface area (Å²) in [5.41, 5.74) is 2.74. The van der Waals surface area contributed by atoms with Crippen LogP contribution < -0.4 is 9.47 Å². The Balaban J connectivity index is 1.75. The molecule has 1 aliphatic heterocycles. The topological polar surface area (TPSA) is 79.3 Å². The van der Waals surface area contributed by atoms with E-state index in [1.54, 1.807) is 24.3 Å². The molecule has 0 saturated carbocycles. The van der Waals surface area contributed by atoms with Crippen molar-refractivity contribution in [2.24, 2.45) is 0 Å². The first-order valence-corrected chi connectivity index (χ1v) is 12.6. The number of aryl methyl sites for hydroxylation is 1. The minimum atomic E-state index is -0.790. The zero-order valence-corrected chi connectivity index (χ0v) is 22.7. The fraction of sp³-hybridized carbons (Fsp3) is 0.267. The number of halogens is 1. The van der Waals surface area contributed by atoms with Crippen LogP contribution in [-0.4, -0.2) is 60.9 Å². The van der Waals surface area contributed by atoms with E-state index in [0.29, 0.717) is 36.0 Å². The standard InChI is InChI=1S/C30H31ClN2O5/c1-19-16-23(29(37-4)24(31)17-19)27(34)25-26(33(15-14-32(2)3)30(36)28(25)35)21-10-12-22(13-11-21)38-18-20-8-6-5-7-9-20/h5-13,16-17,26,34H,14-15,18H2,1-4H3/b27-25+. The van der Waals surface area contributed by atoms with Gasteiger partial charge in [-0.2, -0.15) is 0 Å². The third-order valence-corrected chi connectivity index (χ3v) is 6.70. The SMILES string of the molecule is COc1c(Cl)cc(C)cc1/C(O)=C1\C(=O)C(=O)N(CCN(C)C)C1c1ccc(OCc2ccccc2)cc1. The second-order valence-corrected chi connectivity index (χ2v) is 9.87. The van der Waals surface area contributed by atoms with Crippen LogP contribution in [-0.2, 0) is 16.2 Å². The number of aliphatic hydroxyl groups is 1. The first-order chi connectivity index (χ1) is 18.2. The van der Waals surface area contributed by atoms with E-state index >= 15 is 0 Å². The molecule has 1 amide bonds. The van der Waals surface area contributed by atoms with E-state index < -0.39 is 17.7 Å². The average Bonchev–Trinajstić information content (AvgIpc) is 3.15. The second-order valence-electron chi connectivity index (χ2n) is 9.47. The average molecular weight is 535 g/mol. The number of benzene rings is 3. The number of rotatable bonds is 9. The molecule has 1 aliphatic rings. The Kier molecular flexibility index (Phi) is 8.39. The molecule has 1 saturated heterocycles. The predicted molar refractivity (Wildman–Crippen MR) is 148 cm³/mol. The number of carbonyl (C=O) groups excluding carboxylic acids is 2. The molecular weight excluding hydrogens is 504 g/mol. The molecule has 3 aromatic carbocycles. The number of hydrogen-bond donors (Lipinski definition) is 1. The van der Waals surface area contributed by atoms with E-state index in [1.165, 1.54) is 12.0 Å². The van der Waals surface area contributed by atoms with Crippen molar-refractivity contribution in [3.8, 4) is 11.5 Å². The van der Waals surface area contributed by atoms with Gasteiger partial charge in [-0.25, -0.2) is 0 Å². The van der Waals surface area contributed by atoms with E-state index in [1.807, 2.05) is 68.4 Å². The molecule has 0 spiro atoms. The summed E-state index contributed by atoms with van der Waals surface area (Å²) in [4.78, 5) is 30.0. The Morgan fingerprint density at radius 1 is 1.05 bits per heavy atom. The smallest absolute Gasteiger partial charge is 0.295 e. The lowest BCUT2D eigenvalue weighted by molar-refractivity contribution is -0.140. The maximum absolute atomic E-state index is 13.3. The Bertz CT molecular complexity index is 1350.